The molecule has 1 nitrogen and oxygen atoms in total. The Hall–Kier alpha value is -2.77. The lowest BCUT2D eigenvalue weighted by atomic mass is 10.0. The molecule has 3 aromatic carbocycles. The molecule has 0 atom stereocenters. The highest BCUT2D eigenvalue weighted by molar-refractivity contribution is 6.37. The van der Waals surface area contributed by atoms with E-state index in [1.54, 1.807) is 0 Å². The Balaban J connectivity index is 1.72. The number of nitrogens with zero attached hydrogens (tertiary/aromatic N) is 1. The van der Waals surface area contributed by atoms with Crippen molar-refractivity contribution in [2.75, 3.05) is 0 Å². The Labute approximate surface area is 170 Å². The molecule has 4 aromatic rings. The first-order chi connectivity index (χ1) is 13.8. The van der Waals surface area contributed by atoms with Crippen LogP contribution in [0.3, 0.4) is 0 Å². The maximum atomic E-state index is 6.48. The molecule has 1 heterocycles. The molecule has 0 saturated heterocycles. The number of hydrogen-bond donors (Lipinski definition) is 0. The van der Waals surface area contributed by atoms with Crippen LogP contribution < -0.4 is 5.35 Å². The van der Waals surface area contributed by atoms with E-state index in [1.807, 2.05) is 6.07 Å². The third kappa shape index (κ3) is 2.70. The molecule has 0 fully saturated rings. The van der Waals surface area contributed by atoms with E-state index >= 15 is 0 Å². The minimum Gasteiger partial charge on any atom is -0.341 e. The van der Waals surface area contributed by atoms with Crippen LogP contribution in [0.4, 0.5) is 0 Å². The molecule has 1 aliphatic carbocycles. The van der Waals surface area contributed by atoms with Crippen molar-refractivity contribution in [2.45, 2.75) is 26.3 Å². The first kappa shape index (κ1) is 17.3. The topological polar surface area (TPSA) is 4.93 Å². The molecule has 138 valence electrons. The summed E-state index contributed by atoms with van der Waals surface area (Å²) in [5.74, 6) is 0. The van der Waals surface area contributed by atoms with E-state index in [1.165, 1.54) is 38.3 Å². The van der Waals surface area contributed by atoms with Crippen LogP contribution in [0.25, 0.3) is 33.3 Å². The predicted molar refractivity (Wildman–Crippen MR) is 122 cm³/mol. The monoisotopic (exact) mass is 383 g/mol. The smallest absolute Gasteiger partial charge is 0.0498 e. The molecular weight excluding hydrogens is 362 g/mol. The Bertz CT molecular complexity index is 1290. The van der Waals surface area contributed by atoms with E-state index in [9.17, 15) is 0 Å². The third-order valence-electron chi connectivity index (χ3n) is 5.77. The van der Waals surface area contributed by atoms with E-state index in [-0.39, 0.29) is 0 Å². The minimum atomic E-state index is 0.821. The van der Waals surface area contributed by atoms with Crippen molar-refractivity contribution in [3.05, 3.63) is 94.3 Å². The van der Waals surface area contributed by atoms with Crippen LogP contribution >= 0.6 is 11.6 Å². The van der Waals surface area contributed by atoms with Crippen LogP contribution in [-0.4, -0.2) is 4.57 Å². The molecule has 28 heavy (non-hydrogen) atoms. The summed E-state index contributed by atoms with van der Waals surface area (Å²) in [5.41, 5.74) is 5.35. The van der Waals surface area contributed by atoms with Gasteiger partial charge < -0.3 is 4.57 Å². The van der Waals surface area contributed by atoms with Gasteiger partial charge in [-0.15, -0.1) is 0 Å². The molecule has 0 spiro atoms. The lowest BCUT2D eigenvalue weighted by Crippen LogP contribution is -2.14. The largest absolute Gasteiger partial charge is 0.341 e. The van der Waals surface area contributed by atoms with Gasteiger partial charge in [-0.05, 0) is 54.7 Å². The maximum Gasteiger partial charge on any atom is 0.0498 e. The van der Waals surface area contributed by atoms with E-state index in [0.717, 1.165) is 29.8 Å². The molecule has 1 aliphatic rings. The zero-order valence-electron chi connectivity index (χ0n) is 16.0. The predicted octanol–water partition coefficient (Wildman–Crippen LogP) is 6.77. The standard InChI is InChI=1S/C26H22ClN/c1-2-28-24(22-13-7-12-21-23(27)15-17-25(28)26(21)22)16-14-19-10-6-11-20(19)18-8-4-3-5-9-18/h3-5,7-9,11-17H,2,6,10H2,1H3. The highest BCUT2D eigenvalue weighted by atomic mass is 35.5. The number of aryl methyl sites for hydroxylation is 1. The molecule has 0 aliphatic heterocycles. The van der Waals surface area contributed by atoms with Crippen LogP contribution in [0.1, 0.15) is 25.3 Å². The fourth-order valence-corrected chi connectivity index (χ4v) is 4.72. The molecule has 0 bridgehead atoms. The van der Waals surface area contributed by atoms with Crippen LogP contribution in [0.5, 0.6) is 0 Å². The van der Waals surface area contributed by atoms with E-state index in [2.05, 4.69) is 84.3 Å². The summed E-state index contributed by atoms with van der Waals surface area (Å²) in [6, 6.07) is 21.3. The summed E-state index contributed by atoms with van der Waals surface area (Å²) in [7, 11) is 0. The highest BCUT2D eigenvalue weighted by Gasteiger charge is 2.14. The zero-order chi connectivity index (χ0) is 19.1. The second-order valence-corrected chi connectivity index (χ2v) is 7.71. The van der Waals surface area contributed by atoms with Gasteiger partial charge in [-0.3, -0.25) is 0 Å². The van der Waals surface area contributed by atoms with Gasteiger partial charge in [0.2, 0.25) is 0 Å². The second kappa shape index (κ2) is 7.00. The fraction of sp³-hybridized carbons (Fsp3) is 0.154. The van der Waals surface area contributed by atoms with Crippen LogP contribution in [0, 0.1) is 0 Å². The Morgan fingerprint density at radius 1 is 0.929 bits per heavy atom. The SMILES string of the molecule is CCn1c(=CC=C2CCC=C2c2ccccc2)c2cccc3c(Cl)ccc1c32. The first-order valence-corrected chi connectivity index (χ1v) is 10.3. The van der Waals surface area contributed by atoms with Crippen molar-refractivity contribution in [2.24, 2.45) is 0 Å². The molecule has 1 aromatic heterocycles. The van der Waals surface area contributed by atoms with Crippen molar-refractivity contribution in [1.82, 2.24) is 4.57 Å². The number of hydrogen-bond acceptors (Lipinski definition) is 0. The van der Waals surface area contributed by atoms with Gasteiger partial charge in [-0.25, -0.2) is 0 Å². The van der Waals surface area contributed by atoms with E-state index < -0.39 is 0 Å². The average Bonchev–Trinajstić information content (AvgIpc) is 3.33. The zero-order valence-corrected chi connectivity index (χ0v) is 16.7. The quantitative estimate of drug-likeness (QED) is 0.368. The van der Waals surface area contributed by atoms with Gasteiger partial charge in [0.1, 0.15) is 0 Å². The maximum absolute atomic E-state index is 6.48. The van der Waals surface area contributed by atoms with Gasteiger partial charge in [0, 0.05) is 38.6 Å². The summed E-state index contributed by atoms with van der Waals surface area (Å²) in [4.78, 5) is 0. The number of aromatic nitrogens is 1. The van der Waals surface area contributed by atoms with E-state index in [4.69, 9.17) is 11.6 Å². The average molecular weight is 384 g/mol. The Morgan fingerprint density at radius 3 is 2.57 bits per heavy atom. The molecular formula is C26H22ClN. The number of halogens is 1. The van der Waals surface area contributed by atoms with Crippen molar-refractivity contribution in [1.29, 1.82) is 0 Å². The van der Waals surface area contributed by atoms with E-state index in [0.29, 0.717) is 0 Å². The number of rotatable bonds is 3. The van der Waals surface area contributed by atoms with Crippen molar-refractivity contribution in [3.8, 4) is 0 Å². The van der Waals surface area contributed by atoms with Crippen LogP contribution in [0.2, 0.25) is 5.02 Å². The van der Waals surface area contributed by atoms with Crippen molar-refractivity contribution >= 4 is 44.9 Å². The second-order valence-electron chi connectivity index (χ2n) is 7.31. The van der Waals surface area contributed by atoms with Gasteiger partial charge in [0.05, 0.1) is 0 Å². The summed E-state index contributed by atoms with van der Waals surface area (Å²) in [6.07, 6.45) is 9.19. The third-order valence-corrected chi connectivity index (χ3v) is 6.10. The van der Waals surface area contributed by atoms with Crippen molar-refractivity contribution < 1.29 is 0 Å². The molecule has 0 saturated carbocycles. The molecule has 5 rings (SSSR count). The molecule has 2 heteroatoms. The summed E-state index contributed by atoms with van der Waals surface area (Å²) in [5, 5.41) is 5.76. The Kier molecular flexibility index (Phi) is 4.33. The lowest BCUT2D eigenvalue weighted by molar-refractivity contribution is 0.777. The minimum absolute atomic E-state index is 0.821. The summed E-state index contributed by atoms with van der Waals surface area (Å²) < 4.78 is 2.39. The van der Waals surface area contributed by atoms with Crippen LogP contribution in [-0.2, 0) is 6.54 Å². The molecule has 0 radical (unpaired) electrons. The molecule has 0 N–H and O–H groups in total. The van der Waals surface area contributed by atoms with Gasteiger partial charge in [0.15, 0.2) is 0 Å². The fourth-order valence-electron chi connectivity index (χ4n) is 4.50. The number of allylic oxidation sites excluding steroid dienone is 4. The van der Waals surface area contributed by atoms with Gasteiger partial charge in [-0.1, -0.05) is 72.3 Å². The highest BCUT2D eigenvalue weighted by Crippen LogP contribution is 2.34. The van der Waals surface area contributed by atoms with Gasteiger partial charge >= 0.3 is 0 Å². The van der Waals surface area contributed by atoms with Crippen LogP contribution in [0.15, 0.2) is 78.4 Å². The Morgan fingerprint density at radius 2 is 1.75 bits per heavy atom. The first-order valence-electron chi connectivity index (χ1n) is 9.94. The normalized spacial score (nSPS) is 16.6. The number of benzene rings is 3. The molecule has 0 amide bonds. The summed E-state index contributed by atoms with van der Waals surface area (Å²) >= 11 is 6.48. The molecule has 0 unspecified atom stereocenters. The lowest BCUT2D eigenvalue weighted by Gasteiger charge is -2.05. The van der Waals surface area contributed by atoms with Gasteiger partial charge in [0.25, 0.3) is 0 Å². The summed E-state index contributed by atoms with van der Waals surface area (Å²) in [6.45, 7) is 3.14. The van der Waals surface area contributed by atoms with Crippen molar-refractivity contribution in [3.63, 3.8) is 0 Å². The van der Waals surface area contributed by atoms with Gasteiger partial charge in [-0.2, -0.15) is 0 Å².